The molecule has 0 aliphatic rings. The second kappa shape index (κ2) is 5.19. The first-order valence-corrected chi connectivity index (χ1v) is 4.58. The molecule has 0 saturated heterocycles. The molecule has 0 radical (unpaired) electrons. The van der Waals surface area contributed by atoms with Crippen molar-refractivity contribution < 1.29 is 13.9 Å². The number of hydrogen-bond acceptors (Lipinski definition) is 2. The lowest BCUT2D eigenvalue weighted by Crippen LogP contribution is -2.24. The van der Waals surface area contributed by atoms with Crippen molar-refractivity contribution in [1.29, 1.82) is 0 Å². The minimum Gasteiger partial charge on any atom is -0.491 e. The Labute approximate surface area is 87.4 Å². The van der Waals surface area contributed by atoms with Gasteiger partial charge in [-0.3, -0.25) is 0 Å². The fourth-order valence-corrected chi connectivity index (χ4v) is 1.04. The molecular formula is C10H13FN2O2. The van der Waals surface area contributed by atoms with E-state index in [2.05, 4.69) is 10.6 Å². The van der Waals surface area contributed by atoms with Gasteiger partial charge in [0.15, 0.2) is 11.6 Å². The van der Waals surface area contributed by atoms with E-state index in [0.29, 0.717) is 12.3 Å². The van der Waals surface area contributed by atoms with Gasteiger partial charge in [0.2, 0.25) is 0 Å². The molecule has 5 heteroatoms. The Balaban J connectivity index is 2.77. The highest BCUT2D eigenvalue weighted by Gasteiger charge is 2.05. The maximum Gasteiger partial charge on any atom is 0.318 e. The second-order valence-electron chi connectivity index (χ2n) is 2.78. The number of anilines is 1. The molecule has 2 N–H and O–H groups in total. The Morgan fingerprint density at radius 1 is 1.53 bits per heavy atom. The highest BCUT2D eigenvalue weighted by molar-refractivity contribution is 5.89. The molecular weight excluding hydrogens is 199 g/mol. The second-order valence-corrected chi connectivity index (χ2v) is 2.78. The van der Waals surface area contributed by atoms with Crippen LogP contribution in [0.4, 0.5) is 14.9 Å². The molecule has 1 aromatic rings. The number of carbonyl (C=O) groups excluding carboxylic acids is 1. The standard InChI is InChI=1S/C10H13FN2O2/c1-3-15-9-5-4-7(6-8(9)11)13-10(14)12-2/h4-6H,3H2,1-2H3,(H2,12,13,14). The van der Waals surface area contributed by atoms with Crippen LogP contribution in [0.2, 0.25) is 0 Å². The van der Waals surface area contributed by atoms with Crippen molar-refractivity contribution in [2.24, 2.45) is 0 Å². The number of halogens is 1. The van der Waals surface area contributed by atoms with E-state index >= 15 is 0 Å². The zero-order chi connectivity index (χ0) is 11.3. The lowest BCUT2D eigenvalue weighted by molar-refractivity contribution is 0.254. The molecule has 82 valence electrons. The molecule has 1 aromatic carbocycles. The van der Waals surface area contributed by atoms with Gasteiger partial charge < -0.3 is 15.4 Å². The van der Waals surface area contributed by atoms with Crippen molar-refractivity contribution in [3.63, 3.8) is 0 Å². The number of rotatable bonds is 3. The Bertz CT molecular complexity index is 355. The van der Waals surface area contributed by atoms with Gasteiger partial charge in [-0.15, -0.1) is 0 Å². The third-order valence-electron chi connectivity index (χ3n) is 1.72. The minimum atomic E-state index is -0.495. The van der Waals surface area contributed by atoms with E-state index in [1.165, 1.54) is 19.2 Å². The summed E-state index contributed by atoms with van der Waals surface area (Å²) in [6, 6.07) is 3.87. The Morgan fingerprint density at radius 3 is 2.80 bits per heavy atom. The molecule has 0 aromatic heterocycles. The zero-order valence-electron chi connectivity index (χ0n) is 8.63. The summed E-state index contributed by atoms with van der Waals surface area (Å²) < 4.78 is 18.3. The first-order chi connectivity index (χ1) is 7.17. The largest absolute Gasteiger partial charge is 0.491 e. The average molecular weight is 212 g/mol. The van der Waals surface area contributed by atoms with Crippen LogP contribution in [0.3, 0.4) is 0 Å². The number of hydrogen-bond donors (Lipinski definition) is 2. The Morgan fingerprint density at radius 2 is 2.27 bits per heavy atom. The van der Waals surface area contributed by atoms with E-state index in [4.69, 9.17) is 4.74 Å². The van der Waals surface area contributed by atoms with Crippen molar-refractivity contribution in [1.82, 2.24) is 5.32 Å². The molecule has 0 heterocycles. The molecule has 2 amide bonds. The summed E-state index contributed by atoms with van der Waals surface area (Å²) in [7, 11) is 1.49. The summed E-state index contributed by atoms with van der Waals surface area (Å²) in [6.07, 6.45) is 0. The van der Waals surface area contributed by atoms with Crippen LogP contribution >= 0.6 is 0 Å². The molecule has 0 aliphatic heterocycles. The zero-order valence-corrected chi connectivity index (χ0v) is 8.63. The van der Waals surface area contributed by atoms with E-state index in [9.17, 15) is 9.18 Å². The van der Waals surface area contributed by atoms with Gasteiger partial charge in [0.05, 0.1) is 6.61 Å². The van der Waals surface area contributed by atoms with Crippen LogP contribution in [0.1, 0.15) is 6.92 Å². The van der Waals surface area contributed by atoms with E-state index in [1.54, 1.807) is 13.0 Å². The fourth-order valence-electron chi connectivity index (χ4n) is 1.04. The summed E-state index contributed by atoms with van der Waals surface area (Å²) in [6.45, 7) is 2.18. The van der Waals surface area contributed by atoms with Crippen LogP contribution in [-0.2, 0) is 0 Å². The molecule has 1 rings (SSSR count). The van der Waals surface area contributed by atoms with Crippen LogP contribution in [0, 0.1) is 5.82 Å². The minimum absolute atomic E-state index is 0.181. The van der Waals surface area contributed by atoms with E-state index < -0.39 is 11.8 Å². The normalized spacial score (nSPS) is 9.53. The molecule has 0 saturated carbocycles. The lowest BCUT2D eigenvalue weighted by atomic mass is 10.3. The monoisotopic (exact) mass is 212 g/mol. The molecule has 4 nitrogen and oxygen atoms in total. The molecule has 0 aliphatic carbocycles. The highest BCUT2D eigenvalue weighted by atomic mass is 19.1. The first kappa shape index (κ1) is 11.3. The molecule has 15 heavy (non-hydrogen) atoms. The van der Waals surface area contributed by atoms with Gasteiger partial charge in [0, 0.05) is 18.8 Å². The molecule has 0 atom stereocenters. The summed E-state index contributed by atoms with van der Waals surface area (Å²) in [5.74, 6) is -0.314. The first-order valence-electron chi connectivity index (χ1n) is 4.58. The smallest absolute Gasteiger partial charge is 0.318 e. The van der Waals surface area contributed by atoms with Gasteiger partial charge >= 0.3 is 6.03 Å². The summed E-state index contributed by atoms with van der Waals surface area (Å²) in [5, 5.41) is 4.83. The Kier molecular flexibility index (Phi) is 3.91. The molecule has 0 bridgehead atoms. The quantitative estimate of drug-likeness (QED) is 0.804. The van der Waals surface area contributed by atoms with Crippen LogP contribution in [0.5, 0.6) is 5.75 Å². The van der Waals surface area contributed by atoms with Crippen molar-refractivity contribution in [2.45, 2.75) is 6.92 Å². The highest BCUT2D eigenvalue weighted by Crippen LogP contribution is 2.20. The van der Waals surface area contributed by atoms with E-state index in [-0.39, 0.29) is 5.75 Å². The number of carbonyl (C=O) groups is 1. The Hall–Kier alpha value is -1.78. The third-order valence-corrected chi connectivity index (χ3v) is 1.72. The van der Waals surface area contributed by atoms with Crippen LogP contribution in [0.25, 0.3) is 0 Å². The topological polar surface area (TPSA) is 50.4 Å². The van der Waals surface area contributed by atoms with Gasteiger partial charge in [0.1, 0.15) is 0 Å². The van der Waals surface area contributed by atoms with Crippen molar-refractivity contribution in [2.75, 3.05) is 19.0 Å². The predicted molar refractivity (Wildman–Crippen MR) is 55.6 cm³/mol. The molecule has 0 unspecified atom stereocenters. The van der Waals surface area contributed by atoms with Crippen LogP contribution in [-0.4, -0.2) is 19.7 Å². The van der Waals surface area contributed by atoms with E-state index in [0.717, 1.165) is 0 Å². The van der Waals surface area contributed by atoms with Gasteiger partial charge in [-0.2, -0.15) is 0 Å². The third kappa shape index (κ3) is 3.12. The van der Waals surface area contributed by atoms with Gasteiger partial charge in [-0.1, -0.05) is 0 Å². The van der Waals surface area contributed by atoms with Crippen LogP contribution < -0.4 is 15.4 Å². The fraction of sp³-hybridized carbons (Fsp3) is 0.300. The van der Waals surface area contributed by atoms with Gasteiger partial charge in [-0.05, 0) is 19.1 Å². The predicted octanol–water partition coefficient (Wildman–Crippen LogP) is 1.98. The maximum atomic E-state index is 13.3. The number of amides is 2. The summed E-state index contributed by atoms with van der Waals surface area (Å²) in [4.78, 5) is 10.9. The maximum absolute atomic E-state index is 13.3. The number of urea groups is 1. The number of ether oxygens (including phenoxy) is 1. The summed E-state index contributed by atoms with van der Waals surface area (Å²) >= 11 is 0. The van der Waals surface area contributed by atoms with E-state index in [1.807, 2.05) is 0 Å². The van der Waals surface area contributed by atoms with Gasteiger partial charge in [0.25, 0.3) is 0 Å². The SMILES string of the molecule is CCOc1ccc(NC(=O)NC)cc1F. The van der Waals surface area contributed by atoms with Crippen molar-refractivity contribution in [3.05, 3.63) is 24.0 Å². The van der Waals surface area contributed by atoms with Crippen molar-refractivity contribution >= 4 is 11.7 Å². The lowest BCUT2D eigenvalue weighted by Gasteiger charge is -2.07. The van der Waals surface area contributed by atoms with Crippen LogP contribution in [0.15, 0.2) is 18.2 Å². The number of nitrogens with one attached hydrogen (secondary N) is 2. The summed E-state index contributed by atoms with van der Waals surface area (Å²) in [5.41, 5.74) is 0.385. The van der Waals surface area contributed by atoms with Crippen molar-refractivity contribution in [3.8, 4) is 5.75 Å². The average Bonchev–Trinajstić information content (AvgIpc) is 2.22. The van der Waals surface area contributed by atoms with Gasteiger partial charge in [-0.25, -0.2) is 9.18 Å². The number of benzene rings is 1. The molecule has 0 fully saturated rings. The molecule has 0 spiro atoms.